The maximum absolute atomic E-state index is 13.3. The van der Waals surface area contributed by atoms with Gasteiger partial charge in [-0.3, -0.25) is 24.3 Å². The molecule has 2 aromatic rings. The molecule has 3 aliphatic heterocycles. The highest BCUT2D eigenvalue weighted by Gasteiger charge is 2.63. The number of amides is 2. The zero-order valence-corrected chi connectivity index (χ0v) is 15.9. The molecule has 2 amide bonds. The number of likely N-dealkylation sites (tertiary alicyclic amines) is 1. The average Bonchev–Trinajstić information content (AvgIpc) is 3.23. The van der Waals surface area contributed by atoms with E-state index in [1.807, 2.05) is 30.3 Å². The van der Waals surface area contributed by atoms with Crippen LogP contribution < -0.4 is 0 Å². The quantitative estimate of drug-likeness (QED) is 0.581. The first-order valence-electron chi connectivity index (χ1n) is 9.74. The van der Waals surface area contributed by atoms with Crippen molar-refractivity contribution in [3.05, 3.63) is 83.7 Å². The summed E-state index contributed by atoms with van der Waals surface area (Å²) in [5, 5.41) is 5.85. The van der Waals surface area contributed by atoms with Gasteiger partial charge in [-0.25, -0.2) is 4.39 Å². The van der Waals surface area contributed by atoms with E-state index in [2.05, 4.69) is 5.10 Å². The van der Waals surface area contributed by atoms with Crippen LogP contribution in [0.3, 0.4) is 0 Å². The molecule has 0 bridgehead atoms. The summed E-state index contributed by atoms with van der Waals surface area (Å²) in [4.78, 5) is 41.2. The molecule has 30 heavy (non-hydrogen) atoms. The second-order valence-corrected chi connectivity index (χ2v) is 7.64. The summed E-state index contributed by atoms with van der Waals surface area (Å²) in [6, 6.07) is 13.1. The summed E-state index contributed by atoms with van der Waals surface area (Å²) in [6.07, 6.45) is 5.07. The molecule has 0 saturated carbocycles. The number of carbonyl (C=O) groups excluding carboxylic acids is 3. The van der Waals surface area contributed by atoms with Gasteiger partial charge in [0.2, 0.25) is 11.8 Å². The fraction of sp³-hybridized carbons (Fsp3) is 0.217. The molecule has 0 spiro atoms. The highest BCUT2D eigenvalue weighted by atomic mass is 19.1. The molecule has 3 heterocycles. The van der Waals surface area contributed by atoms with Crippen LogP contribution in [0.4, 0.5) is 4.39 Å². The van der Waals surface area contributed by atoms with Crippen molar-refractivity contribution < 1.29 is 18.8 Å². The molecule has 150 valence electrons. The number of benzene rings is 2. The van der Waals surface area contributed by atoms with Crippen molar-refractivity contribution in [3.63, 3.8) is 0 Å². The first kappa shape index (κ1) is 18.4. The number of imide groups is 1. The summed E-state index contributed by atoms with van der Waals surface area (Å²) in [6.45, 7) is 0.169. The van der Waals surface area contributed by atoms with Crippen LogP contribution in [0.25, 0.3) is 0 Å². The topological polar surface area (TPSA) is 70.0 Å². The summed E-state index contributed by atoms with van der Waals surface area (Å²) in [5.74, 6) is -2.96. The lowest BCUT2D eigenvalue weighted by molar-refractivity contribution is -0.142. The van der Waals surface area contributed by atoms with Gasteiger partial charge < -0.3 is 0 Å². The number of Topliss-reactive ketones (excluding diaryl/α,β-unsaturated/α-hetero) is 1. The minimum Gasteiger partial charge on any atom is -0.292 e. The van der Waals surface area contributed by atoms with Crippen molar-refractivity contribution in [2.45, 2.75) is 18.6 Å². The normalized spacial score (nSPS) is 26.8. The molecule has 6 nitrogen and oxygen atoms in total. The second kappa shape index (κ2) is 7.02. The molecule has 0 radical (unpaired) electrons. The van der Waals surface area contributed by atoms with Gasteiger partial charge in [-0.2, -0.15) is 5.10 Å². The monoisotopic (exact) mass is 403 g/mol. The SMILES string of the molecule is O=C(c1ccc(F)cc1)C1C2C(=O)N(Cc3ccccc3)C(=O)C2C2C=CC=NN21. The van der Waals surface area contributed by atoms with E-state index in [4.69, 9.17) is 0 Å². The Morgan fingerprint density at radius 1 is 0.967 bits per heavy atom. The number of hydrogen-bond acceptors (Lipinski definition) is 5. The number of fused-ring (bicyclic) bond motifs is 3. The molecule has 2 saturated heterocycles. The van der Waals surface area contributed by atoms with Crippen LogP contribution in [-0.2, 0) is 16.1 Å². The van der Waals surface area contributed by atoms with Crippen molar-refractivity contribution in [3.8, 4) is 0 Å². The Balaban J connectivity index is 1.52. The zero-order valence-electron chi connectivity index (χ0n) is 15.9. The van der Waals surface area contributed by atoms with Gasteiger partial charge >= 0.3 is 0 Å². The highest BCUT2D eigenvalue weighted by Crippen LogP contribution is 2.45. The van der Waals surface area contributed by atoms with Gasteiger partial charge in [0.1, 0.15) is 11.9 Å². The minimum absolute atomic E-state index is 0.169. The smallest absolute Gasteiger partial charge is 0.236 e. The van der Waals surface area contributed by atoms with Crippen molar-refractivity contribution in [2.24, 2.45) is 16.9 Å². The van der Waals surface area contributed by atoms with Gasteiger partial charge in [0.15, 0.2) is 5.78 Å². The van der Waals surface area contributed by atoms with E-state index in [1.54, 1.807) is 23.4 Å². The molecule has 2 fully saturated rings. The largest absolute Gasteiger partial charge is 0.292 e. The Morgan fingerprint density at radius 2 is 1.67 bits per heavy atom. The molecule has 0 aromatic heterocycles. The number of halogens is 1. The van der Waals surface area contributed by atoms with E-state index in [0.717, 1.165) is 5.56 Å². The number of hydrazone groups is 1. The van der Waals surface area contributed by atoms with Gasteiger partial charge in [0.25, 0.3) is 0 Å². The Morgan fingerprint density at radius 3 is 2.40 bits per heavy atom. The van der Waals surface area contributed by atoms with E-state index < -0.39 is 29.7 Å². The number of allylic oxidation sites excluding steroid dienone is 1. The van der Waals surface area contributed by atoms with Crippen LogP contribution >= 0.6 is 0 Å². The van der Waals surface area contributed by atoms with E-state index in [-0.39, 0.29) is 29.7 Å². The lowest BCUT2D eigenvalue weighted by Gasteiger charge is -2.30. The summed E-state index contributed by atoms with van der Waals surface area (Å²) >= 11 is 0. The Kier molecular flexibility index (Phi) is 4.31. The molecule has 2 aromatic carbocycles. The molecular formula is C23H18FN3O3. The van der Waals surface area contributed by atoms with Crippen LogP contribution in [0.1, 0.15) is 15.9 Å². The van der Waals surface area contributed by atoms with Crippen LogP contribution in [0.2, 0.25) is 0 Å². The average molecular weight is 403 g/mol. The molecule has 0 aliphatic carbocycles. The van der Waals surface area contributed by atoms with Gasteiger partial charge in [-0.05, 0) is 35.9 Å². The number of ketones is 1. The maximum atomic E-state index is 13.3. The van der Waals surface area contributed by atoms with Crippen LogP contribution in [-0.4, -0.2) is 45.8 Å². The van der Waals surface area contributed by atoms with Crippen molar-refractivity contribution in [1.29, 1.82) is 0 Å². The summed E-state index contributed by atoms with van der Waals surface area (Å²) in [5.41, 5.74) is 1.13. The fourth-order valence-electron chi connectivity index (χ4n) is 4.61. The minimum atomic E-state index is -0.913. The van der Waals surface area contributed by atoms with Crippen LogP contribution in [0, 0.1) is 17.7 Å². The second-order valence-electron chi connectivity index (χ2n) is 7.64. The molecule has 3 aliphatic rings. The van der Waals surface area contributed by atoms with Gasteiger partial charge in [0.05, 0.1) is 24.4 Å². The third kappa shape index (κ3) is 2.77. The van der Waals surface area contributed by atoms with Crippen molar-refractivity contribution >= 4 is 23.8 Å². The maximum Gasteiger partial charge on any atom is 0.236 e. The number of nitrogens with zero attached hydrogens (tertiary/aromatic N) is 3. The van der Waals surface area contributed by atoms with Crippen LogP contribution in [0.15, 0.2) is 71.9 Å². The van der Waals surface area contributed by atoms with E-state index >= 15 is 0 Å². The van der Waals surface area contributed by atoms with Crippen molar-refractivity contribution in [1.82, 2.24) is 9.91 Å². The molecule has 5 rings (SSSR count). The lowest BCUT2D eigenvalue weighted by atomic mass is 9.86. The third-order valence-electron chi connectivity index (χ3n) is 5.96. The summed E-state index contributed by atoms with van der Waals surface area (Å²) in [7, 11) is 0. The number of hydrogen-bond donors (Lipinski definition) is 0. The Hall–Kier alpha value is -3.61. The Bertz CT molecular complexity index is 1080. The van der Waals surface area contributed by atoms with Gasteiger partial charge in [-0.1, -0.05) is 36.4 Å². The van der Waals surface area contributed by atoms with Crippen LogP contribution in [0.5, 0.6) is 0 Å². The third-order valence-corrected chi connectivity index (χ3v) is 5.96. The number of carbonyl (C=O) groups is 3. The van der Waals surface area contributed by atoms with E-state index in [1.165, 1.54) is 29.2 Å². The van der Waals surface area contributed by atoms with Gasteiger partial charge in [-0.15, -0.1) is 0 Å². The first-order chi connectivity index (χ1) is 14.6. The zero-order chi connectivity index (χ0) is 20.8. The van der Waals surface area contributed by atoms with E-state index in [9.17, 15) is 18.8 Å². The molecule has 0 N–H and O–H groups in total. The molecule has 7 heteroatoms. The first-order valence-corrected chi connectivity index (χ1v) is 9.74. The van der Waals surface area contributed by atoms with Crippen molar-refractivity contribution in [2.75, 3.05) is 0 Å². The predicted octanol–water partition coefficient (Wildman–Crippen LogP) is 2.42. The lowest BCUT2D eigenvalue weighted by Crippen LogP contribution is -2.45. The molecule has 4 unspecified atom stereocenters. The number of rotatable bonds is 4. The van der Waals surface area contributed by atoms with Gasteiger partial charge in [0, 0.05) is 11.8 Å². The predicted molar refractivity (Wildman–Crippen MR) is 107 cm³/mol. The summed E-state index contributed by atoms with van der Waals surface area (Å²) < 4.78 is 13.3. The molecule has 4 atom stereocenters. The molecular weight excluding hydrogens is 385 g/mol. The standard InChI is InChI=1S/C23H18FN3O3/c24-16-10-8-15(9-11-16)21(28)20-19-18(17-7-4-12-25-27(17)20)22(29)26(23(19)30)13-14-5-2-1-3-6-14/h1-12,17-20H,13H2. The Labute approximate surface area is 172 Å². The van der Waals surface area contributed by atoms with E-state index in [0.29, 0.717) is 0 Å². The fourth-order valence-corrected chi connectivity index (χ4v) is 4.61. The highest BCUT2D eigenvalue weighted by molar-refractivity contribution is 6.11.